The van der Waals surface area contributed by atoms with E-state index in [-0.39, 0.29) is 0 Å². The standard InChI is InChI=1S/C14H21N5/c1-3-10-16-13(15-4-2)11-14(17-10)19-12(18-11)9-7-5-6-8-9/h9H,3-8H2,1-2H3,(H2,15,16,17,18,19). The Kier molecular flexibility index (Phi) is 3.36. The summed E-state index contributed by atoms with van der Waals surface area (Å²) in [7, 11) is 0. The molecule has 3 rings (SSSR count). The second-order valence-corrected chi connectivity index (χ2v) is 5.17. The first-order valence-corrected chi connectivity index (χ1v) is 7.32. The highest BCUT2D eigenvalue weighted by atomic mass is 15.1. The summed E-state index contributed by atoms with van der Waals surface area (Å²) in [5, 5.41) is 3.31. The molecule has 0 atom stereocenters. The van der Waals surface area contributed by atoms with Crippen LogP contribution in [0.4, 0.5) is 5.82 Å². The molecule has 2 aromatic heterocycles. The molecule has 1 aliphatic carbocycles. The van der Waals surface area contributed by atoms with E-state index in [1.54, 1.807) is 0 Å². The van der Waals surface area contributed by atoms with Crippen LogP contribution in [0.25, 0.3) is 11.2 Å². The molecular weight excluding hydrogens is 238 g/mol. The van der Waals surface area contributed by atoms with Gasteiger partial charge in [-0.3, -0.25) is 0 Å². The number of fused-ring (bicyclic) bond motifs is 1. The molecule has 1 saturated carbocycles. The minimum absolute atomic E-state index is 0.578. The van der Waals surface area contributed by atoms with Crippen molar-refractivity contribution in [1.29, 1.82) is 0 Å². The van der Waals surface area contributed by atoms with Crippen molar-refractivity contribution in [1.82, 2.24) is 19.9 Å². The minimum atomic E-state index is 0.578. The van der Waals surface area contributed by atoms with Gasteiger partial charge < -0.3 is 10.3 Å². The molecule has 2 aromatic rings. The third-order valence-corrected chi connectivity index (χ3v) is 3.82. The first kappa shape index (κ1) is 12.4. The van der Waals surface area contributed by atoms with Gasteiger partial charge in [0.25, 0.3) is 0 Å². The van der Waals surface area contributed by atoms with Crippen LogP contribution in [0.2, 0.25) is 0 Å². The lowest BCUT2D eigenvalue weighted by Crippen LogP contribution is -2.04. The number of aromatic nitrogens is 4. The van der Waals surface area contributed by atoms with Gasteiger partial charge in [-0.15, -0.1) is 0 Å². The minimum Gasteiger partial charge on any atom is -0.368 e. The third-order valence-electron chi connectivity index (χ3n) is 3.82. The zero-order valence-electron chi connectivity index (χ0n) is 11.7. The number of hydrogen-bond acceptors (Lipinski definition) is 4. The van der Waals surface area contributed by atoms with E-state index in [1.165, 1.54) is 25.7 Å². The molecule has 0 spiro atoms. The quantitative estimate of drug-likeness (QED) is 0.885. The number of anilines is 1. The number of rotatable bonds is 4. The Morgan fingerprint density at radius 1 is 1.16 bits per heavy atom. The van der Waals surface area contributed by atoms with Gasteiger partial charge in [0.2, 0.25) is 0 Å². The summed E-state index contributed by atoms with van der Waals surface area (Å²) in [4.78, 5) is 17.2. The van der Waals surface area contributed by atoms with Gasteiger partial charge in [-0.05, 0) is 19.8 Å². The van der Waals surface area contributed by atoms with Gasteiger partial charge in [-0.1, -0.05) is 19.8 Å². The van der Waals surface area contributed by atoms with Crippen molar-refractivity contribution in [3.8, 4) is 0 Å². The Bertz CT molecular complexity index is 568. The second kappa shape index (κ2) is 5.15. The van der Waals surface area contributed by atoms with Crippen molar-refractivity contribution >= 4 is 17.0 Å². The molecule has 0 aromatic carbocycles. The lowest BCUT2D eigenvalue weighted by molar-refractivity contribution is 0.681. The first-order chi connectivity index (χ1) is 9.31. The summed E-state index contributed by atoms with van der Waals surface area (Å²) in [5.74, 6) is 3.41. The van der Waals surface area contributed by atoms with Crippen LogP contribution < -0.4 is 5.32 Å². The van der Waals surface area contributed by atoms with Gasteiger partial charge in [0, 0.05) is 18.9 Å². The molecule has 2 N–H and O–H groups in total. The van der Waals surface area contributed by atoms with Gasteiger partial charge in [0.05, 0.1) is 0 Å². The van der Waals surface area contributed by atoms with Crippen LogP contribution in [0.5, 0.6) is 0 Å². The van der Waals surface area contributed by atoms with Crippen molar-refractivity contribution in [2.24, 2.45) is 0 Å². The van der Waals surface area contributed by atoms with Crippen LogP contribution in [0.3, 0.4) is 0 Å². The van der Waals surface area contributed by atoms with Gasteiger partial charge in [-0.2, -0.15) is 0 Å². The van der Waals surface area contributed by atoms with Gasteiger partial charge in [-0.25, -0.2) is 15.0 Å². The van der Waals surface area contributed by atoms with E-state index in [0.717, 1.165) is 41.6 Å². The number of aromatic amines is 1. The zero-order valence-corrected chi connectivity index (χ0v) is 11.7. The molecule has 5 nitrogen and oxygen atoms in total. The molecular formula is C14H21N5. The largest absolute Gasteiger partial charge is 0.368 e. The van der Waals surface area contributed by atoms with E-state index in [2.05, 4.69) is 34.1 Å². The molecule has 2 heterocycles. The van der Waals surface area contributed by atoms with E-state index in [4.69, 9.17) is 4.98 Å². The Morgan fingerprint density at radius 3 is 2.63 bits per heavy atom. The maximum absolute atomic E-state index is 4.70. The molecule has 0 radical (unpaired) electrons. The smallest absolute Gasteiger partial charge is 0.183 e. The molecule has 0 aliphatic heterocycles. The number of hydrogen-bond donors (Lipinski definition) is 2. The zero-order chi connectivity index (χ0) is 13.2. The highest BCUT2D eigenvalue weighted by molar-refractivity contribution is 5.83. The lowest BCUT2D eigenvalue weighted by atomic mass is 10.1. The monoisotopic (exact) mass is 259 g/mol. The second-order valence-electron chi connectivity index (χ2n) is 5.17. The van der Waals surface area contributed by atoms with E-state index in [9.17, 15) is 0 Å². The van der Waals surface area contributed by atoms with Crippen molar-refractivity contribution in [2.45, 2.75) is 51.9 Å². The summed E-state index contributed by atoms with van der Waals surface area (Å²) in [5.41, 5.74) is 1.77. The van der Waals surface area contributed by atoms with Crippen molar-refractivity contribution in [3.63, 3.8) is 0 Å². The Balaban J connectivity index is 2.06. The first-order valence-electron chi connectivity index (χ1n) is 7.32. The van der Waals surface area contributed by atoms with Crippen LogP contribution >= 0.6 is 0 Å². The maximum atomic E-state index is 4.70. The van der Waals surface area contributed by atoms with E-state index < -0.39 is 0 Å². The average Bonchev–Trinajstić information content (AvgIpc) is 3.07. The molecule has 0 amide bonds. The number of nitrogens with one attached hydrogen (secondary N) is 2. The third kappa shape index (κ3) is 2.29. The fourth-order valence-electron chi connectivity index (χ4n) is 2.81. The van der Waals surface area contributed by atoms with Crippen LogP contribution in [0, 0.1) is 0 Å². The van der Waals surface area contributed by atoms with Crippen LogP contribution in [-0.4, -0.2) is 26.5 Å². The van der Waals surface area contributed by atoms with E-state index in [0.29, 0.717) is 5.92 Å². The highest BCUT2D eigenvalue weighted by Crippen LogP contribution is 2.33. The van der Waals surface area contributed by atoms with E-state index >= 15 is 0 Å². The van der Waals surface area contributed by atoms with Gasteiger partial charge in [0.15, 0.2) is 11.5 Å². The van der Waals surface area contributed by atoms with Crippen LogP contribution in [-0.2, 0) is 6.42 Å². The average molecular weight is 259 g/mol. The van der Waals surface area contributed by atoms with Gasteiger partial charge in [0.1, 0.15) is 17.2 Å². The van der Waals surface area contributed by atoms with Crippen molar-refractivity contribution < 1.29 is 0 Å². The van der Waals surface area contributed by atoms with E-state index in [1.807, 2.05) is 0 Å². The molecule has 19 heavy (non-hydrogen) atoms. The normalized spacial score (nSPS) is 16.3. The molecule has 1 fully saturated rings. The molecule has 5 heteroatoms. The van der Waals surface area contributed by atoms with Gasteiger partial charge >= 0.3 is 0 Å². The predicted octanol–water partition coefficient (Wildman–Crippen LogP) is 3.00. The number of imidazole rings is 1. The molecule has 1 aliphatic rings. The predicted molar refractivity (Wildman–Crippen MR) is 76.4 cm³/mol. The summed E-state index contributed by atoms with van der Waals surface area (Å²) in [6.45, 7) is 5.00. The number of H-pyrrole nitrogens is 1. The van der Waals surface area contributed by atoms with Crippen LogP contribution in [0.15, 0.2) is 0 Å². The van der Waals surface area contributed by atoms with Crippen molar-refractivity contribution in [3.05, 3.63) is 11.6 Å². The molecule has 0 saturated heterocycles. The topological polar surface area (TPSA) is 66.5 Å². The fraction of sp³-hybridized carbons (Fsp3) is 0.643. The SMILES string of the molecule is CCNc1nc(CC)nc2nc(C3CCCC3)[nH]c12. The highest BCUT2D eigenvalue weighted by Gasteiger charge is 2.22. The fourth-order valence-corrected chi connectivity index (χ4v) is 2.81. The summed E-state index contributed by atoms with van der Waals surface area (Å²) in [6, 6.07) is 0. The van der Waals surface area contributed by atoms with Crippen LogP contribution in [0.1, 0.15) is 57.1 Å². The van der Waals surface area contributed by atoms with Crippen molar-refractivity contribution in [2.75, 3.05) is 11.9 Å². The maximum Gasteiger partial charge on any atom is 0.183 e. The number of aryl methyl sites for hydroxylation is 1. The molecule has 0 unspecified atom stereocenters. The Labute approximate surface area is 113 Å². The Hall–Kier alpha value is -1.65. The summed E-state index contributed by atoms with van der Waals surface area (Å²) < 4.78 is 0. The number of nitrogens with zero attached hydrogens (tertiary/aromatic N) is 3. The summed E-state index contributed by atoms with van der Waals surface area (Å²) in [6.07, 6.45) is 5.94. The lowest BCUT2D eigenvalue weighted by Gasteiger charge is -2.05. The summed E-state index contributed by atoms with van der Waals surface area (Å²) >= 11 is 0. The molecule has 102 valence electrons. The molecule has 0 bridgehead atoms. The Morgan fingerprint density at radius 2 is 1.95 bits per heavy atom.